The fourth-order valence-corrected chi connectivity index (χ4v) is 4.99. The summed E-state index contributed by atoms with van der Waals surface area (Å²) >= 11 is 0. The quantitative estimate of drug-likeness (QED) is 0.692. The van der Waals surface area contributed by atoms with Crippen molar-refractivity contribution in [3.63, 3.8) is 0 Å². The van der Waals surface area contributed by atoms with E-state index in [1.54, 1.807) is 24.3 Å². The number of carbonyl (C=O) groups excluding carboxylic acids is 1. The first-order valence-corrected chi connectivity index (χ1v) is 12.6. The van der Waals surface area contributed by atoms with Crippen LogP contribution < -0.4 is 14.8 Å². The maximum absolute atomic E-state index is 12.5. The number of methoxy groups -OCH3 is 1. The second kappa shape index (κ2) is 12.9. The third-order valence-electron chi connectivity index (χ3n) is 5.44. The van der Waals surface area contributed by atoms with Gasteiger partial charge < -0.3 is 10.1 Å². The van der Waals surface area contributed by atoms with Gasteiger partial charge in [-0.1, -0.05) is 63.9 Å². The molecule has 0 heterocycles. The third-order valence-corrected chi connectivity index (χ3v) is 6.87. The highest BCUT2D eigenvalue weighted by atomic mass is 32.2. The van der Waals surface area contributed by atoms with Crippen LogP contribution in [0.15, 0.2) is 24.3 Å². The first kappa shape index (κ1) is 23.7. The zero-order valence-corrected chi connectivity index (χ0v) is 18.4. The summed E-state index contributed by atoms with van der Waals surface area (Å²) in [5.41, 5.74) is 0.453. The minimum absolute atomic E-state index is 0.00788. The number of benzene rings is 1. The number of amides is 1. The van der Waals surface area contributed by atoms with Crippen LogP contribution in [0.25, 0.3) is 0 Å². The van der Waals surface area contributed by atoms with Crippen molar-refractivity contribution in [3.05, 3.63) is 29.8 Å². The lowest BCUT2D eigenvalue weighted by Crippen LogP contribution is -2.39. The van der Waals surface area contributed by atoms with E-state index in [0.29, 0.717) is 11.3 Å². The summed E-state index contributed by atoms with van der Waals surface area (Å²) in [7, 11) is -1.89. The number of hydrogen-bond donors (Lipinski definition) is 2. The summed E-state index contributed by atoms with van der Waals surface area (Å²) in [6.45, 7) is 0.0814. The molecule has 1 aliphatic carbocycles. The second-order valence-electron chi connectivity index (χ2n) is 7.88. The zero-order chi connectivity index (χ0) is 21.0. The summed E-state index contributed by atoms with van der Waals surface area (Å²) < 4.78 is 33.0. The van der Waals surface area contributed by atoms with Gasteiger partial charge in [0.15, 0.2) is 0 Å². The van der Waals surface area contributed by atoms with E-state index in [1.165, 1.54) is 52.1 Å². The maximum Gasteiger partial charge on any atom is 0.251 e. The first-order chi connectivity index (χ1) is 14.0. The standard InChI is InChI=1S/C22H36N2O4S/c1-28-21-15-11-12-19(18-21)22(25)23-16-17-29(26,27)24-20-13-9-7-5-3-2-4-6-8-10-14-20/h11-12,15,18,20,24H,2-10,13-14,16-17H2,1H3,(H,23,25). The van der Waals surface area contributed by atoms with Gasteiger partial charge in [-0.3, -0.25) is 4.79 Å². The summed E-state index contributed by atoms with van der Waals surface area (Å²) in [6, 6.07) is 6.81. The molecule has 0 aliphatic heterocycles. The normalized spacial score (nSPS) is 17.7. The molecule has 0 unspecified atom stereocenters. The molecule has 2 N–H and O–H groups in total. The Kier molecular flexibility index (Phi) is 10.5. The van der Waals surface area contributed by atoms with Crippen LogP contribution in [0.5, 0.6) is 5.75 Å². The van der Waals surface area contributed by atoms with E-state index >= 15 is 0 Å². The van der Waals surface area contributed by atoms with Gasteiger partial charge in [0.25, 0.3) is 5.91 Å². The molecule has 0 aromatic heterocycles. The van der Waals surface area contributed by atoms with Crippen LogP contribution in [-0.4, -0.2) is 39.8 Å². The van der Waals surface area contributed by atoms with Crippen LogP contribution in [0.2, 0.25) is 0 Å². The number of nitrogens with one attached hydrogen (secondary N) is 2. The lowest BCUT2D eigenvalue weighted by molar-refractivity contribution is 0.0955. The number of carbonyl (C=O) groups is 1. The van der Waals surface area contributed by atoms with Crippen molar-refractivity contribution >= 4 is 15.9 Å². The Morgan fingerprint density at radius 1 is 1.00 bits per heavy atom. The molecule has 7 heteroatoms. The highest BCUT2D eigenvalue weighted by molar-refractivity contribution is 7.89. The van der Waals surface area contributed by atoms with Crippen molar-refractivity contribution in [1.29, 1.82) is 0 Å². The highest BCUT2D eigenvalue weighted by Gasteiger charge is 2.18. The number of sulfonamides is 1. The SMILES string of the molecule is COc1cccc(C(=O)NCCS(=O)(=O)NC2CCCCCCCCCCC2)c1. The minimum atomic E-state index is -3.43. The van der Waals surface area contributed by atoms with E-state index in [-0.39, 0.29) is 24.2 Å². The molecule has 2 rings (SSSR count). The van der Waals surface area contributed by atoms with Crippen LogP contribution in [-0.2, 0) is 10.0 Å². The summed E-state index contributed by atoms with van der Waals surface area (Å²) in [5.74, 6) is 0.179. The van der Waals surface area contributed by atoms with Gasteiger partial charge in [-0.2, -0.15) is 0 Å². The van der Waals surface area contributed by atoms with Crippen LogP contribution in [0.4, 0.5) is 0 Å². The monoisotopic (exact) mass is 424 g/mol. The topological polar surface area (TPSA) is 84.5 Å². The Balaban J connectivity index is 1.79. The molecule has 1 aromatic carbocycles. The molecule has 0 bridgehead atoms. The Morgan fingerprint density at radius 3 is 2.17 bits per heavy atom. The van der Waals surface area contributed by atoms with E-state index in [0.717, 1.165) is 25.7 Å². The zero-order valence-electron chi connectivity index (χ0n) is 17.6. The molecular formula is C22H36N2O4S. The predicted molar refractivity (Wildman–Crippen MR) is 117 cm³/mol. The van der Waals surface area contributed by atoms with Gasteiger partial charge in [-0.05, 0) is 31.0 Å². The fraction of sp³-hybridized carbons (Fsp3) is 0.682. The smallest absolute Gasteiger partial charge is 0.251 e. The Bertz CT molecular complexity index is 709. The lowest BCUT2D eigenvalue weighted by Gasteiger charge is -2.19. The van der Waals surface area contributed by atoms with Crippen molar-refractivity contribution in [2.45, 2.75) is 76.7 Å². The third kappa shape index (κ3) is 9.63. The summed E-state index contributed by atoms with van der Waals surface area (Å²) in [6.07, 6.45) is 12.7. The first-order valence-electron chi connectivity index (χ1n) is 10.9. The largest absolute Gasteiger partial charge is 0.497 e. The highest BCUT2D eigenvalue weighted by Crippen LogP contribution is 2.17. The van der Waals surface area contributed by atoms with Crippen molar-refractivity contribution < 1.29 is 17.9 Å². The van der Waals surface area contributed by atoms with Crippen molar-refractivity contribution in [1.82, 2.24) is 10.0 Å². The Morgan fingerprint density at radius 2 is 1.59 bits per heavy atom. The molecule has 1 saturated carbocycles. The van der Waals surface area contributed by atoms with Crippen molar-refractivity contribution in [3.8, 4) is 5.75 Å². The van der Waals surface area contributed by atoms with Crippen molar-refractivity contribution in [2.75, 3.05) is 19.4 Å². The van der Waals surface area contributed by atoms with E-state index in [2.05, 4.69) is 10.0 Å². The molecule has 0 spiro atoms. The molecule has 0 atom stereocenters. The molecule has 0 radical (unpaired) electrons. The van der Waals surface area contributed by atoms with Gasteiger partial charge in [-0.15, -0.1) is 0 Å². The van der Waals surface area contributed by atoms with Crippen molar-refractivity contribution in [2.24, 2.45) is 0 Å². The number of hydrogen-bond acceptors (Lipinski definition) is 4. The van der Waals surface area contributed by atoms with Crippen LogP contribution in [0.3, 0.4) is 0 Å². The van der Waals surface area contributed by atoms with Crippen LogP contribution >= 0.6 is 0 Å². The van der Waals surface area contributed by atoms with Gasteiger partial charge in [0.2, 0.25) is 10.0 Å². The van der Waals surface area contributed by atoms with Gasteiger partial charge in [0.05, 0.1) is 12.9 Å². The van der Waals surface area contributed by atoms with Gasteiger partial charge in [0.1, 0.15) is 5.75 Å². The molecule has 0 saturated heterocycles. The van der Waals surface area contributed by atoms with E-state index < -0.39 is 10.0 Å². The van der Waals surface area contributed by atoms with E-state index in [4.69, 9.17) is 4.74 Å². The molecule has 29 heavy (non-hydrogen) atoms. The van der Waals surface area contributed by atoms with E-state index in [1.807, 2.05) is 0 Å². The van der Waals surface area contributed by atoms with Crippen LogP contribution in [0, 0.1) is 0 Å². The predicted octanol–water partition coefficient (Wildman–Crippen LogP) is 4.02. The van der Waals surface area contributed by atoms with Crippen LogP contribution in [0.1, 0.15) is 81.0 Å². The average molecular weight is 425 g/mol. The fourth-order valence-electron chi connectivity index (χ4n) is 3.76. The second-order valence-corrected chi connectivity index (χ2v) is 9.75. The molecule has 1 aliphatic rings. The molecule has 164 valence electrons. The van der Waals surface area contributed by atoms with E-state index in [9.17, 15) is 13.2 Å². The summed E-state index contributed by atoms with van der Waals surface area (Å²) in [4.78, 5) is 12.2. The molecule has 1 aromatic rings. The molecule has 1 fully saturated rings. The minimum Gasteiger partial charge on any atom is -0.497 e. The lowest BCUT2D eigenvalue weighted by atomic mass is 9.98. The summed E-state index contributed by atoms with van der Waals surface area (Å²) in [5, 5.41) is 2.69. The molecule has 1 amide bonds. The van der Waals surface area contributed by atoms with Gasteiger partial charge in [-0.25, -0.2) is 13.1 Å². The Labute approximate surface area is 175 Å². The maximum atomic E-state index is 12.5. The molecule has 6 nitrogen and oxygen atoms in total. The number of ether oxygens (including phenoxy) is 1. The number of rotatable bonds is 7. The average Bonchev–Trinajstić information content (AvgIpc) is 2.69. The Hall–Kier alpha value is -1.60. The molecular weight excluding hydrogens is 388 g/mol. The van der Waals surface area contributed by atoms with Gasteiger partial charge >= 0.3 is 0 Å². The van der Waals surface area contributed by atoms with Gasteiger partial charge in [0, 0.05) is 18.2 Å².